The molecule has 2 aromatic rings. The number of pyridine rings is 1. The van der Waals surface area contributed by atoms with Gasteiger partial charge in [-0.1, -0.05) is 12.1 Å². The summed E-state index contributed by atoms with van der Waals surface area (Å²) in [4.78, 5) is 27.3. The number of rotatable bonds is 6. The number of amides is 2. The minimum atomic E-state index is -0.304. The number of nitrogens with zero attached hydrogens (tertiary/aromatic N) is 1. The molecule has 22 heavy (non-hydrogen) atoms. The summed E-state index contributed by atoms with van der Waals surface area (Å²) in [6.45, 7) is 0.325. The van der Waals surface area contributed by atoms with E-state index in [1.54, 1.807) is 19.2 Å². The van der Waals surface area contributed by atoms with Crippen molar-refractivity contribution in [1.82, 2.24) is 15.6 Å². The molecule has 1 heterocycles. The smallest absolute Gasteiger partial charge is 0.251 e. The van der Waals surface area contributed by atoms with Gasteiger partial charge in [0.05, 0.1) is 13.7 Å². The topological polar surface area (TPSA) is 80.3 Å². The molecule has 0 saturated heterocycles. The molecular weight excluding hydrogens is 282 g/mol. The maximum Gasteiger partial charge on any atom is 0.251 e. The highest BCUT2D eigenvalue weighted by Crippen LogP contribution is 2.10. The lowest BCUT2D eigenvalue weighted by molar-refractivity contribution is -0.120. The molecule has 0 fully saturated rings. The lowest BCUT2D eigenvalue weighted by Gasteiger charge is -2.07. The lowest BCUT2D eigenvalue weighted by atomic mass is 10.2. The van der Waals surface area contributed by atoms with E-state index in [2.05, 4.69) is 15.6 Å². The highest BCUT2D eigenvalue weighted by atomic mass is 16.5. The summed E-state index contributed by atoms with van der Waals surface area (Å²) in [6, 6.07) is 10.6. The fourth-order valence-electron chi connectivity index (χ4n) is 1.77. The fraction of sp³-hybridized carbons (Fsp3) is 0.188. The predicted molar refractivity (Wildman–Crippen MR) is 81.4 cm³/mol. The molecule has 0 bridgehead atoms. The summed E-state index contributed by atoms with van der Waals surface area (Å²) >= 11 is 0. The van der Waals surface area contributed by atoms with E-state index in [9.17, 15) is 9.59 Å². The zero-order valence-electron chi connectivity index (χ0n) is 12.2. The molecule has 0 saturated carbocycles. The highest BCUT2D eigenvalue weighted by Gasteiger charge is 2.07. The molecule has 0 unspecified atom stereocenters. The third-order valence-corrected chi connectivity index (χ3v) is 3.00. The lowest BCUT2D eigenvalue weighted by Crippen LogP contribution is -2.36. The minimum absolute atomic E-state index is 0.0721. The van der Waals surface area contributed by atoms with Crippen LogP contribution in [0.4, 0.5) is 0 Å². The Bertz CT molecular complexity index is 627. The van der Waals surface area contributed by atoms with Crippen molar-refractivity contribution in [2.75, 3.05) is 13.7 Å². The van der Waals surface area contributed by atoms with E-state index in [1.165, 1.54) is 12.4 Å². The molecule has 0 atom stereocenters. The first-order chi connectivity index (χ1) is 10.7. The second-order valence-electron chi connectivity index (χ2n) is 4.54. The molecule has 6 heteroatoms. The Morgan fingerprint density at radius 3 is 2.36 bits per heavy atom. The Balaban J connectivity index is 1.74. The normalized spacial score (nSPS) is 9.86. The maximum atomic E-state index is 11.8. The third-order valence-electron chi connectivity index (χ3n) is 3.00. The Labute approximate surface area is 128 Å². The number of hydrogen-bond donors (Lipinski definition) is 2. The Hall–Kier alpha value is -2.89. The zero-order chi connectivity index (χ0) is 15.8. The van der Waals surface area contributed by atoms with Crippen LogP contribution in [0.3, 0.4) is 0 Å². The largest absolute Gasteiger partial charge is 0.497 e. The van der Waals surface area contributed by atoms with E-state index >= 15 is 0 Å². The molecule has 0 spiro atoms. The van der Waals surface area contributed by atoms with Gasteiger partial charge in [0.15, 0.2) is 0 Å². The van der Waals surface area contributed by atoms with E-state index in [0.717, 1.165) is 11.3 Å². The standard InChI is InChI=1S/C16H17N3O3/c1-22-14-4-2-12(3-5-14)10-18-15(20)11-19-16(21)13-6-8-17-9-7-13/h2-9H,10-11H2,1H3,(H,18,20)(H,19,21). The summed E-state index contributed by atoms with van der Waals surface area (Å²) in [5.74, 6) is 0.208. The summed E-state index contributed by atoms with van der Waals surface area (Å²) < 4.78 is 5.06. The number of carbonyl (C=O) groups excluding carboxylic acids is 2. The van der Waals surface area contributed by atoms with Gasteiger partial charge in [-0.05, 0) is 29.8 Å². The number of benzene rings is 1. The van der Waals surface area contributed by atoms with Gasteiger partial charge in [-0.3, -0.25) is 14.6 Å². The van der Waals surface area contributed by atoms with E-state index in [0.29, 0.717) is 12.1 Å². The fourth-order valence-corrected chi connectivity index (χ4v) is 1.77. The van der Waals surface area contributed by atoms with Crippen molar-refractivity contribution in [2.45, 2.75) is 6.54 Å². The summed E-state index contributed by atoms with van der Waals surface area (Å²) in [5.41, 5.74) is 1.42. The highest BCUT2D eigenvalue weighted by molar-refractivity contribution is 5.96. The molecule has 2 N–H and O–H groups in total. The van der Waals surface area contributed by atoms with Crippen molar-refractivity contribution in [3.8, 4) is 5.75 Å². The van der Waals surface area contributed by atoms with E-state index in [-0.39, 0.29) is 18.4 Å². The van der Waals surface area contributed by atoms with Gasteiger partial charge < -0.3 is 15.4 Å². The Morgan fingerprint density at radius 1 is 1.05 bits per heavy atom. The SMILES string of the molecule is COc1ccc(CNC(=O)CNC(=O)c2ccncc2)cc1. The van der Waals surface area contributed by atoms with Crippen molar-refractivity contribution in [2.24, 2.45) is 0 Å². The molecule has 1 aromatic carbocycles. The first kappa shape index (κ1) is 15.5. The van der Waals surface area contributed by atoms with Gasteiger partial charge >= 0.3 is 0 Å². The first-order valence-corrected chi connectivity index (χ1v) is 6.77. The van der Waals surface area contributed by atoms with E-state index in [1.807, 2.05) is 24.3 Å². The molecule has 2 rings (SSSR count). The van der Waals surface area contributed by atoms with Crippen LogP contribution in [0.25, 0.3) is 0 Å². The first-order valence-electron chi connectivity index (χ1n) is 6.77. The van der Waals surface area contributed by atoms with Crippen LogP contribution in [0.2, 0.25) is 0 Å². The summed E-state index contributed by atoms with van der Waals surface area (Å²) in [7, 11) is 1.60. The molecule has 0 aliphatic rings. The van der Waals surface area contributed by atoms with Crippen LogP contribution in [0.15, 0.2) is 48.8 Å². The van der Waals surface area contributed by atoms with E-state index in [4.69, 9.17) is 4.74 Å². The van der Waals surface area contributed by atoms with Crippen LogP contribution in [0, 0.1) is 0 Å². The van der Waals surface area contributed by atoms with Crippen LogP contribution >= 0.6 is 0 Å². The molecule has 2 amide bonds. The average Bonchev–Trinajstić information content (AvgIpc) is 2.59. The van der Waals surface area contributed by atoms with Crippen molar-refractivity contribution in [3.63, 3.8) is 0 Å². The van der Waals surface area contributed by atoms with Gasteiger partial charge in [0, 0.05) is 24.5 Å². The number of carbonyl (C=O) groups is 2. The second-order valence-corrected chi connectivity index (χ2v) is 4.54. The van der Waals surface area contributed by atoms with Crippen molar-refractivity contribution in [1.29, 1.82) is 0 Å². The molecule has 0 aliphatic carbocycles. The monoisotopic (exact) mass is 299 g/mol. The van der Waals surface area contributed by atoms with Gasteiger partial charge in [-0.15, -0.1) is 0 Å². The van der Waals surface area contributed by atoms with Gasteiger partial charge in [0.2, 0.25) is 5.91 Å². The molecule has 114 valence electrons. The number of ether oxygens (including phenoxy) is 1. The second kappa shape index (κ2) is 7.78. The van der Waals surface area contributed by atoms with Gasteiger partial charge in [0.1, 0.15) is 5.75 Å². The average molecular weight is 299 g/mol. The quantitative estimate of drug-likeness (QED) is 0.838. The molecule has 1 aromatic heterocycles. The molecule has 0 radical (unpaired) electrons. The molecule has 6 nitrogen and oxygen atoms in total. The van der Waals surface area contributed by atoms with Crippen LogP contribution in [-0.2, 0) is 11.3 Å². The summed E-state index contributed by atoms with van der Waals surface area (Å²) in [6.07, 6.45) is 3.05. The van der Waals surface area contributed by atoms with Crippen molar-refractivity contribution in [3.05, 3.63) is 59.9 Å². The molecule has 0 aliphatic heterocycles. The number of aromatic nitrogens is 1. The number of hydrogen-bond acceptors (Lipinski definition) is 4. The van der Waals surface area contributed by atoms with Crippen LogP contribution < -0.4 is 15.4 Å². The Morgan fingerprint density at radius 2 is 1.73 bits per heavy atom. The van der Waals surface area contributed by atoms with Crippen LogP contribution in [0.1, 0.15) is 15.9 Å². The van der Waals surface area contributed by atoms with Gasteiger partial charge in [-0.2, -0.15) is 0 Å². The summed E-state index contributed by atoms with van der Waals surface area (Å²) in [5, 5.41) is 5.29. The van der Waals surface area contributed by atoms with Gasteiger partial charge in [-0.25, -0.2) is 0 Å². The van der Waals surface area contributed by atoms with Crippen LogP contribution in [0.5, 0.6) is 5.75 Å². The van der Waals surface area contributed by atoms with Crippen molar-refractivity contribution >= 4 is 11.8 Å². The minimum Gasteiger partial charge on any atom is -0.497 e. The Kier molecular flexibility index (Phi) is 5.48. The van der Waals surface area contributed by atoms with Gasteiger partial charge in [0.25, 0.3) is 5.91 Å². The van der Waals surface area contributed by atoms with E-state index < -0.39 is 0 Å². The zero-order valence-corrected chi connectivity index (χ0v) is 12.2. The number of nitrogens with one attached hydrogen (secondary N) is 2. The third kappa shape index (κ3) is 4.59. The van der Waals surface area contributed by atoms with Crippen molar-refractivity contribution < 1.29 is 14.3 Å². The predicted octanol–water partition coefficient (Wildman–Crippen LogP) is 1.14. The molecular formula is C16H17N3O3. The van der Waals surface area contributed by atoms with Crippen LogP contribution in [-0.4, -0.2) is 30.5 Å². The maximum absolute atomic E-state index is 11.8. The number of methoxy groups -OCH3 is 1.